The van der Waals surface area contributed by atoms with Gasteiger partial charge in [-0.05, 0) is 35.7 Å². The molecule has 10 heteroatoms. The fraction of sp³-hybridized carbons (Fsp3) is 0. The van der Waals surface area contributed by atoms with Gasteiger partial charge in [-0.15, -0.1) is 0 Å². The molecule has 1 N–H and O–H groups in total. The summed E-state index contributed by atoms with van der Waals surface area (Å²) in [6, 6.07) is 21.2. The third-order valence-corrected chi connectivity index (χ3v) is 6.18. The number of aromatic nitrogens is 1. The number of pyridine rings is 1. The standard InChI is InChI=1S/C25H16ClN3O5S/c26-17-12-16-4-1-2-6-19(16)21(13-17)29(35(32)33)22-14-18(10-11-27-22)28-25(31)20-7-3-5-15-8-9-23(30)34-24(15)20/h1-14H,(H,32,33)(H,27,28,31)/p-1. The first-order valence-electron chi connectivity index (χ1n) is 10.3. The number of benzene rings is 3. The molecule has 0 radical (unpaired) electrons. The van der Waals surface area contributed by atoms with Gasteiger partial charge in [0.2, 0.25) is 0 Å². The molecule has 1 atom stereocenters. The topological polar surface area (TPSA) is 116 Å². The second kappa shape index (κ2) is 9.30. The number of rotatable bonds is 5. The predicted molar refractivity (Wildman–Crippen MR) is 135 cm³/mol. The molecule has 174 valence electrons. The van der Waals surface area contributed by atoms with Crippen LogP contribution in [0.5, 0.6) is 0 Å². The van der Waals surface area contributed by atoms with Gasteiger partial charge >= 0.3 is 5.63 Å². The van der Waals surface area contributed by atoms with Crippen molar-refractivity contribution in [2.75, 3.05) is 9.62 Å². The van der Waals surface area contributed by atoms with Crippen LogP contribution in [0.4, 0.5) is 17.2 Å². The molecule has 2 heterocycles. The number of para-hydroxylation sites is 1. The summed E-state index contributed by atoms with van der Waals surface area (Å²) in [5.41, 5.74) is 0.333. The van der Waals surface area contributed by atoms with Crippen molar-refractivity contribution in [3.63, 3.8) is 0 Å². The van der Waals surface area contributed by atoms with Crippen molar-refractivity contribution >= 4 is 67.7 Å². The molecule has 0 aliphatic heterocycles. The fourth-order valence-electron chi connectivity index (χ4n) is 3.78. The quantitative estimate of drug-likeness (QED) is 0.260. The lowest BCUT2D eigenvalue weighted by molar-refractivity contribution is 0.102. The normalized spacial score (nSPS) is 11.9. The third kappa shape index (κ3) is 4.52. The predicted octanol–water partition coefficient (Wildman–Crippen LogP) is 5.18. The lowest BCUT2D eigenvalue weighted by atomic mass is 10.1. The fourth-order valence-corrected chi connectivity index (χ4v) is 4.56. The first-order chi connectivity index (χ1) is 16.9. The van der Waals surface area contributed by atoms with Crippen LogP contribution in [0.3, 0.4) is 0 Å². The Morgan fingerprint density at radius 1 is 1.00 bits per heavy atom. The molecule has 0 saturated heterocycles. The molecule has 8 nitrogen and oxygen atoms in total. The lowest BCUT2D eigenvalue weighted by Gasteiger charge is -2.27. The molecule has 0 aliphatic carbocycles. The molecule has 0 saturated carbocycles. The van der Waals surface area contributed by atoms with Crippen LogP contribution in [-0.4, -0.2) is 19.7 Å². The molecule has 0 aliphatic rings. The Balaban J connectivity index is 1.54. The van der Waals surface area contributed by atoms with Gasteiger partial charge in [0.15, 0.2) is 5.58 Å². The largest absolute Gasteiger partial charge is 0.755 e. The smallest absolute Gasteiger partial charge is 0.336 e. The number of amides is 1. The number of halogens is 1. The van der Waals surface area contributed by atoms with E-state index in [1.54, 1.807) is 36.4 Å². The first-order valence-corrected chi connectivity index (χ1v) is 11.7. The van der Waals surface area contributed by atoms with Crippen molar-refractivity contribution in [2.45, 2.75) is 0 Å². The van der Waals surface area contributed by atoms with Crippen LogP contribution in [0.2, 0.25) is 5.02 Å². The second-order valence-electron chi connectivity index (χ2n) is 7.49. The number of hydrogen-bond donors (Lipinski definition) is 1. The summed E-state index contributed by atoms with van der Waals surface area (Å²) in [6.07, 6.45) is 1.38. The minimum atomic E-state index is -2.75. The van der Waals surface area contributed by atoms with Crippen LogP contribution in [-0.2, 0) is 11.3 Å². The van der Waals surface area contributed by atoms with E-state index in [0.29, 0.717) is 21.5 Å². The van der Waals surface area contributed by atoms with Gasteiger partial charge in [-0.3, -0.25) is 13.3 Å². The van der Waals surface area contributed by atoms with Crippen LogP contribution in [0.1, 0.15) is 10.4 Å². The zero-order chi connectivity index (χ0) is 24.5. The molecule has 5 rings (SSSR count). The van der Waals surface area contributed by atoms with E-state index in [9.17, 15) is 18.4 Å². The molecule has 0 spiro atoms. The summed E-state index contributed by atoms with van der Waals surface area (Å²) >= 11 is 3.50. The Hall–Kier alpha value is -4.05. The van der Waals surface area contributed by atoms with Crippen molar-refractivity contribution in [3.05, 3.63) is 106 Å². The number of carbonyl (C=O) groups excluding carboxylic acids is 1. The maximum absolute atomic E-state index is 13.0. The Morgan fingerprint density at radius 3 is 2.63 bits per heavy atom. The summed E-state index contributed by atoms with van der Waals surface area (Å²) in [7, 11) is 0. The summed E-state index contributed by atoms with van der Waals surface area (Å²) < 4.78 is 30.8. The van der Waals surface area contributed by atoms with Gasteiger partial charge in [0, 0.05) is 39.8 Å². The zero-order valence-corrected chi connectivity index (χ0v) is 19.4. The molecule has 3 aromatic carbocycles. The van der Waals surface area contributed by atoms with Crippen molar-refractivity contribution in [2.24, 2.45) is 0 Å². The number of carbonyl (C=O) groups is 1. The van der Waals surface area contributed by atoms with E-state index in [2.05, 4.69) is 10.3 Å². The van der Waals surface area contributed by atoms with E-state index >= 15 is 0 Å². The van der Waals surface area contributed by atoms with E-state index < -0.39 is 22.8 Å². The summed E-state index contributed by atoms with van der Waals surface area (Å²) in [6.45, 7) is 0. The Labute approximate surface area is 206 Å². The molecule has 2 aromatic heterocycles. The first kappa shape index (κ1) is 22.7. The molecular formula is C25H15ClN3O5S-. The molecule has 5 aromatic rings. The Bertz CT molecular complexity index is 1690. The molecule has 0 bridgehead atoms. The van der Waals surface area contributed by atoms with Gasteiger partial charge < -0.3 is 14.3 Å². The lowest BCUT2D eigenvalue weighted by Crippen LogP contribution is -2.21. The van der Waals surface area contributed by atoms with Gasteiger partial charge in [0.1, 0.15) is 5.82 Å². The molecule has 1 unspecified atom stereocenters. The number of nitrogens with zero attached hydrogens (tertiary/aromatic N) is 2. The monoisotopic (exact) mass is 504 g/mol. The summed E-state index contributed by atoms with van der Waals surface area (Å²) in [5, 5.41) is 5.07. The maximum Gasteiger partial charge on any atom is 0.336 e. The number of anilines is 3. The highest BCUT2D eigenvalue weighted by Crippen LogP contribution is 2.36. The van der Waals surface area contributed by atoms with Gasteiger partial charge in [-0.2, -0.15) is 0 Å². The summed E-state index contributed by atoms with van der Waals surface area (Å²) in [4.78, 5) is 28.9. The van der Waals surface area contributed by atoms with E-state index in [0.717, 1.165) is 9.69 Å². The van der Waals surface area contributed by atoms with E-state index in [-0.39, 0.29) is 22.7 Å². The van der Waals surface area contributed by atoms with Crippen LogP contribution in [0, 0.1) is 0 Å². The van der Waals surface area contributed by atoms with Crippen LogP contribution in [0.15, 0.2) is 94.3 Å². The minimum Gasteiger partial charge on any atom is -0.755 e. The maximum atomic E-state index is 13.0. The summed E-state index contributed by atoms with van der Waals surface area (Å²) in [5.74, 6) is -0.488. The van der Waals surface area contributed by atoms with Gasteiger partial charge in [0.25, 0.3) is 5.91 Å². The average Bonchev–Trinajstić information content (AvgIpc) is 2.83. The van der Waals surface area contributed by atoms with Crippen LogP contribution < -0.4 is 15.2 Å². The van der Waals surface area contributed by atoms with Gasteiger partial charge in [0.05, 0.1) is 22.5 Å². The Morgan fingerprint density at radius 2 is 1.80 bits per heavy atom. The molecule has 1 amide bonds. The van der Waals surface area contributed by atoms with Crippen molar-refractivity contribution in [1.82, 2.24) is 4.98 Å². The zero-order valence-electron chi connectivity index (χ0n) is 17.8. The highest BCUT2D eigenvalue weighted by atomic mass is 35.5. The molecule has 35 heavy (non-hydrogen) atoms. The molecule has 0 fully saturated rings. The van der Waals surface area contributed by atoms with E-state index in [1.807, 2.05) is 12.1 Å². The number of nitrogens with one attached hydrogen (secondary N) is 1. The van der Waals surface area contributed by atoms with Crippen molar-refractivity contribution in [1.29, 1.82) is 0 Å². The highest BCUT2D eigenvalue weighted by Gasteiger charge is 2.18. The Kier molecular flexibility index (Phi) is 6.04. The van der Waals surface area contributed by atoms with Gasteiger partial charge in [-0.1, -0.05) is 48.0 Å². The number of hydrogen-bond acceptors (Lipinski definition) is 6. The minimum absolute atomic E-state index is 0.0491. The second-order valence-corrected chi connectivity index (χ2v) is 8.73. The van der Waals surface area contributed by atoms with Crippen molar-refractivity contribution < 1.29 is 18.0 Å². The highest BCUT2D eigenvalue weighted by molar-refractivity contribution is 7.81. The van der Waals surface area contributed by atoms with Crippen LogP contribution in [0.25, 0.3) is 21.7 Å². The number of fused-ring (bicyclic) bond motifs is 2. The van der Waals surface area contributed by atoms with Crippen LogP contribution >= 0.6 is 11.6 Å². The van der Waals surface area contributed by atoms with Crippen molar-refractivity contribution in [3.8, 4) is 0 Å². The van der Waals surface area contributed by atoms with E-state index in [4.69, 9.17) is 16.0 Å². The molecular weight excluding hydrogens is 490 g/mol. The van der Waals surface area contributed by atoms with E-state index in [1.165, 1.54) is 36.5 Å². The SMILES string of the molecule is O=C(Nc1ccnc(N(c2cc(Cl)cc3ccccc23)S(=O)[O-])c1)c1cccc2ccc(=O)oc12. The third-order valence-electron chi connectivity index (χ3n) is 5.28. The van der Waals surface area contributed by atoms with Gasteiger partial charge in [-0.25, -0.2) is 9.78 Å². The average molecular weight is 505 g/mol.